The molecule has 0 amide bonds. The smallest absolute Gasteiger partial charge is 0.0635 e. The van der Waals surface area contributed by atoms with Crippen molar-refractivity contribution in [1.82, 2.24) is 10.2 Å². The number of ether oxygens (including phenoxy) is 1. The minimum absolute atomic E-state index is 0.519. The second-order valence-corrected chi connectivity index (χ2v) is 4.87. The van der Waals surface area contributed by atoms with Gasteiger partial charge in [0.15, 0.2) is 0 Å². The average Bonchev–Trinajstić information content (AvgIpc) is 2.74. The molecule has 1 unspecified atom stereocenters. The first-order valence-electron chi connectivity index (χ1n) is 5.39. The molecule has 1 aromatic heterocycles. The number of nitrogens with one attached hydrogen (secondary N) is 1. The number of likely N-dealkylation sites (N-methyl/N-ethyl adjacent to an activating group) is 1. The predicted octanol–water partition coefficient (Wildman–Crippen LogP) is 1.17. The van der Waals surface area contributed by atoms with Crippen LogP contribution in [0.3, 0.4) is 0 Å². The molecule has 0 aliphatic carbocycles. The van der Waals surface area contributed by atoms with Gasteiger partial charge in [-0.25, -0.2) is 0 Å². The lowest BCUT2D eigenvalue weighted by molar-refractivity contribution is -0.00983. The molecule has 2 rings (SSSR count). The zero-order valence-electron chi connectivity index (χ0n) is 9.11. The molecule has 1 atom stereocenters. The molecule has 1 saturated heterocycles. The van der Waals surface area contributed by atoms with Crippen LogP contribution >= 0.6 is 11.3 Å². The number of hydrogen-bond acceptors (Lipinski definition) is 4. The minimum atomic E-state index is 0.519. The van der Waals surface area contributed by atoms with Crippen LogP contribution in [0.2, 0.25) is 0 Å². The molecule has 0 bridgehead atoms. The molecule has 1 N–H and O–H groups in total. The van der Waals surface area contributed by atoms with Crippen LogP contribution < -0.4 is 5.32 Å². The Hall–Kier alpha value is -0.420. The predicted molar refractivity (Wildman–Crippen MR) is 63.3 cm³/mol. The lowest BCUT2D eigenvalue weighted by Crippen LogP contribution is -2.49. The Bertz CT molecular complexity index is 274. The summed E-state index contributed by atoms with van der Waals surface area (Å²) in [5.74, 6) is 0. The van der Waals surface area contributed by atoms with Crippen molar-refractivity contribution in [3.63, 3.8) is 0 Å². The van der Waals surface area contributed by atoms with Crippen molar-refractivity contribution in [1.29, 1.82) is 0 Å². The second kappa shape index (κ2) is 5.61. The minimum Gasteiger partial charge on any atom is -0.378 e. The third-order valence-electron chi connectivity index (χ3n) is 2.73. The quantitative estimate of drug-likeness (QED) is 0.834. The number of thiophene rings is 1. The zero-order valence-corrected chi connectivity index (χ0v) is 9.93. The van der Waals surface area contributed by atoms with Crippen LogP contribution in [0.1, 0.15) is 4.88 Å². The van der Waals surface area contributed by atoms with Gasteiger partial charge in [-0.1, -0.05) is 6.07 Å². The summed E-state index contributed by atoms with van der Waals surface area (Å²) in [6.45, 7) is 4.83. The first kappa shape index (κ1) is 11.1. The van der Waals surface area contributed by atoms with Gasteiger partial charge in [-0.3, -0.25) is 4.90 Å². The normalized spacial score (nSPS) is 23.1. The third kappa shape index (κ3) is 3.01. The van der Waals surface area contributed by atoms with Crippen LogP contribution in [0.4, 0.5) is 0 Å². The van der Waals surface area contributed by atoms with E-state index in [2.05, 4.69) is 27.7 Å². The number of hydrogen-bond donors (Lipinski definition) is 1. The monoisotopic (exact) mass is 226 g/mol. The van der Waals surface area contributed by atoms with Crippen LogP contribution in [0, 0.1) is 0 Å². The summed E-state index contributed by atoms with van der Waals surface area (Å²) < 4.78 is 5.51. The van der Waals surface area contributed by atoms with E-state index in [4.69, 9.17) is 4.74 Å². The van der Waals surface area contributed by atoms with Gasteiger partial charge in [0.05, 0.1) is 13.2 Å². The molecule has 84 valence electrons. The fraction of sp³-hybridized carbons (Fsp3) is 0.636. The number of nitrogens with zero attached hydrogens (tertiary/aromatic N) is 1. The summed E-state index contributed by atoms with van der Waals surface area (Å²) in [6.07, 6.45) is 0. The van der Waals surface area contributed by atoms with Gasteiger partial charge in [-0.15, -0.1) is 11.3 Å². The summed E-state index contributed by atoms with van der Waals surface area (Å²) in [5.41, 5.74) is 0. The van der Waals surface area contributed by atoms with Gasteiger partial charge >= 0.3 is 0 Å². The maximum absolute atomic E-state index is 5.51. The molecule has 0 spiro atoms. The largest absolute Gasteiger partial charge is 0.378 e. The highest BCUT2D eigenvalue weighted by molar-refractivity contribution is 7.09. The molecule has 1 aliphatic heterocycles. The SMILES string of the molecule is CNCC1COCCN1Cc1cccs1. The van der Waals surface area contributed by atoms with E-state index in [0.29, 0.717) is 6.04 Å². The standard InChI is InChI=1S/C11H18N2OS/c1-12-7-10-9-14-5-4-13(10)8-11-3-2-6-15-11/h2-3,6,10,12H,4-5,7-9H2,1H3. The second-order valence-electron chi connectivity index (χ2n) is 3.84. The highest BCUT2D eigenvalue weighted by Gasteiger charge is 2.22. The maximum Gasteiger partial charge on any atom is 0.0635 e. The van der Waals surface area contributed by atoms with Crippen molar-refractivity contribution in [3.8, 4) is 0 Å². The molecule has 1 aromatic rings. The van der Waals surface area contributed by atoms with Gasteiger partial charge in [0.25, 0.3) is 0 Å². The highest BCUT2D eigenvalue weighted by atomic mass is 32.1. The molecule has 1 fully saturated rings. The van der Waals surface area contributed by atoms with Crippen molar-refractivity contribution < 1.29 is 4.74 Å². The van der Waals surface area contributed by atoms with E-state index < -0.39 is 0 Å². The third-order valence-corrected chi connectivity index (χ3v) is 3.59. The zero-order chi connectivity index (χ0) is 10.5. The van der Waals surface area contributed by atoms with Crippen LogP contribution in [-0.4, -0.2) is 44.3 Å². The van der Waals surface area contributed by atoms with Gasteiger partial charge in [0.1, 0.15) is 0 Å². The van der Waals surface area contributed by atoms with Gasteiger partial charge in [0, 0.05) is 30.6 Å². The summed E-state index contributed by atoms with van der Waals surface area (Å²) in [6, 6.07) is 4.84. The first-order chi connectivity index (χ1) is 7.40. The van der Waals surface area contributed by atoms with Crippen LogP contribution in [0.25, 0.3) is 0 Å². The lowest BCUT2D eigenvalue weighted by Gasteiger charge is -2.35. The molecule has 4 heteroatoms. The van der Waals surface area contributed by atoms with E-state index in [0.717, 1.165) is 32.8 Å². The Morgan fingerprint density at radius 1 is 1.67 bits per heavy atom. The first-order valence-corrected chi connectivity index (χ1v) is 6.27. The van der Waals surface area contributed by atoms with E-state index in [1.54, 1.807) is 0 Å². The Kier molecular flexibility index (Phi) is 4.14. The molecular weight excluding hydrogens is 208 g/mol. The number of morpholine rings is 1. The van der Waals surface area contributed by atoms with Gasteiger partial charge in [-0.05, 0) is 18.5 Å². The average molecular weight is 226 g/mol. The summed E-state index contributed by atoms with van der Waals surface area (Å²) in [7, 11) is 2.00. The van der Waals surface area contributed by atoms with Crippen molar-refractivity contribution in [2.24, 2.45) is 0 Å². The van der Waals surface area contributed by atoms with Crippen LogP contribution in [-0.2, 0) is 11.3 Å². The number of rotatable bonds is 4. The van der Waals surface area contributed by atoms with E-state index in [1.165, 1.54) is 4.88 Å². The molecule has 0 aromatic carbocycles. The lowest BCUT2D eigenvalue weighted by atomic mass is 10.2. The van der Waals surface area contributed by atoms with Gasteiger partial charge < -0.3 is 10.1 Å². The topological polar surface area (TPSA) is 24.5 Å². The molecule has 0 saturated carbocycles. The van der Waals surface area contributed by atoms with Crippen LogP contribution in [0.5, 0.6) is 0 Å². The molecule has 0 radical (unpaired) electrons. The highest BCUT2D eigenvalue weighted by Crippen LogP contribution is 2.15. The van der Waals surface area contributed by atoms with Crippen molar-refractivity contribution in [2.75, 3.05) is 33.4 Å². The molecule has 2 heterocycles. The molecular formula is C11H18N2OS. The summed E-state index contributed by atoms with van der Waals surface area (Å²) in [4.78, 5) is 3.95. The Morgan fingerprint density at radius 2 is 2.60 bits per heavy atom. The molecule has 1 aliphatic rings. The van der Waals surface area contributed by atoms with Crippen molar-refractivity contribution in [3.05, 3.63) is 22.4 Å². The summed E-state index contributed by atoms with van der Waals surface area (Å²) >= 11 is 1.83. The Labute approximate surface area is 95.0 Å². The Balaban J connectivity index is 1.92. The summed E-state index contributed by atoms with van der Waals surface area (Å²) in [5, 5.41) is 5.37. The van der Waals surface area contributed by atoms with Gasteiger partial charge in [-0.2, -0.15) is 0 Å². The maximum atomic E-state index is 5.51. The van der Waals surface area contributed by atoms with Crippen LogP contribution in [0.15, 0.2) is 17.5 Å². The Morgan fingerprint density at radius 3 is 3.33 bits per heavy atom. The molecule has 15 heavy (non-hydrogen) atoms. The van der Waals surface area contributed by atoms with E-state index in [-0.39, 0.29) is 0 Å². The van der Waals surface area contributed by atoms with Gasteiger partial charge in [0.2, 0.25) is 0 Å². The van der Waals surface area contributed by atoms with Crippen molar-refractivity contribution >= 4 is 11.3 Å². The van der Waals surface area contributed by atoms with E-state index in [9.17, 15) is 0 Å². The fourth-order valence-corrected chi connectivity index (χ4v) is 2.65. The van der Waals surface area contributed by atoms with E-state index in [1.807, 2.05) is 18.4 Å². The molecule has 3 nitrogen and oxygen atoms in total. The fourth-order valence-electron chi connectivity index (χ4n) is 1.92. The van der Waals surface area contributed by atoms with Crippen molar-refractivity contribution in [2.45, 2.75) is 12.6 Å². The van der Waals surface area contributed by atoms with E-state index >= 15 is 0 Å².